The van der Waals surface area contributed by atoms with Gasteiger partial charge in [0, 0.05) is 51.2 Å². The van der Waals surface area contributed by atoms with Crippen LogP contribution in [0.25, 0.3) is 33.0 Å². The van der Waals surface area contributed by atoms with Crippen LogP contribution in [0.3, 0.4) is 0 Å². The van der Waals surface area contributed by atoms with Gasteiger partial charge in [0.2, 0.25) is 11.6 Å². The number of methoxy groups -OCH3 is 1. The lowest BCUT2D eigenvalue weighted by Crippen LogP contribution is -2.24. The minimum atomic E-state index is -0.654. The van der Waals surface area contributed by atoms with E-state index >= 15 is 0 Å². The van der Waals surface area contributed by atoms with E-state index in [1.54, 1.807) is 0 Å². The normalized spacial score (nSPS) is 14.5. The number of Topliss-reactive ketones (excluding diaryl/α,β-unsaturated/α-hetero) is 2. The van der Waals surface area contributed by atoms with Crippen molar-refractivity contribution in [1.82, 2.24) is 9.55 Å². The van der Waals surface area contributed by atoms with Crippen molar-refractivity contribution in [3.05, 3.63) is 107 Å². The lowest BCUT2D eigenvalue weighted by atomic mass is 9.84. The van der Waals surface area contributed by atoms with Gasteiger partial charge in [0.1, 0.15) is 0 Å². The molecule has 39 heavy (non-hydrogen) atoms. The van der Waals surface area contributed by atoms with E-state index in [9.17, 15) is 14.7 Å². The molecule has 0 bridgehead atoms. The summed E-state index contributed by atoms with van der Waals surface area (Å²) in [7, 11) is 1.38. The third-order valence-corrected chi connectivity index (χ3v) is 7.39. The molecule has 0 spiro atoms. The quantitative estimate of drug-likeness (QED) is 0.202. The third kappa shape index (κ3) is 4.13. The summed E-state index contributed by atoms with van der Waals surface area (Å²) in [6.45, 7) is 12.0. The molecule has 2 aromatic heterocycles. The lowest BCUT2D eigenvalue weighted by molar-refractivity contribution is -0.117. The molecule has 198 valence electrons. The van der Waals surface area contributed by atoms with Crippen LogP contribution in [0.5, 0.6) is 0 Å². The predicted molar refractivity (Wildman–Crippen MR) is 156 cm³/mol. The van der Waals surface area contributed by atoms with Crippen molar-refractivity contribution in [3.8, 4) is 0 Å². The molecule has 2 heterocycles. The number of hydrogen-bond acceptors (Lipinski definition) is 4. The van der Waals surface area contributed by atoms with Crippen LogP contribution in [0.4, 0.5) is 0 Å². The number of para-hydroxylation sites is 2. The summed E-state index contributed by atoms with van der Waals surface area (Å²) in [6.07, 6.45) is 6.20. The average molecular weight is 521 g/mol. The molecule has 4 aromatic rings. The number of benzene rings is 2. The summed E-state index contributed by atoms with van der Waals surface area (Å²) in [4.78, 5) is 31.5. The fraction of sp³-hybridized carbons (Fsp3) is 0.212. The van der Waals surface area contributed by atoms with Crippen molar-refractivity contribution in [2.75, 3.05) is 7.11 Å². The zero-order valence-electron chi connectivity index (χ0n) is 22.9. The molecule has 5 rings (SSSR count). The second kappa shape index (κ2) is 9.62. The van der Waals surface area contributed by atoms with E-state index in [0.29, 0.717) is 17.5 Å². The summed E-state index contributed by atoms with van der Waals surface area (Å²) in [5.74, 6) is -1.86. The van der Waals surface area contributed by atoms with Crippen molar-refractivity contribution in [3.63, 3.8) is 0 Å². The highest BCUT2D eigenvalue weighted by Gasteiger charge is 2.40. The van der Waals surface area contributed by atoms with Gasteiger partial charge in [-0.15, -0.1) is 6.58 Å². The van der Waals surface area contributed by atoms with E-state index in [-0.39, 0.29) is 16.9 Å². The molecule has 0 saturated heterocycles. The number of carbonyl (C=O) groups is 2. The zero-order chi connectivity index (χ0) is 28.1. The van der Waals surface area contributed by atoms with Crippen LogP contribution in [0.1, 0.15) is 44.5 Å². The molecule has 1 aliphatic carbocycles. The van der Waals surface area contributed by atoms with Crippen molar-refractivity contribution >= 4 is 44.5 Å². The molecule has 0 atom stereocenters. The first kappa shape index (κ1) is 26.0. The minimum Gasteiger partial charge on any atom is -0.504 e. The molecule has 0 aliphatic heterocycles. The molecule has 0 fully saturated rings. The Balaban J connectivity index is 1.76. The Bertz CT molecular complexity index is 1770. The van der Waals surface area contributed by atoms with Gasteiger partial charge in [-0.25, -0.2) is 0 Å². The SMILES string of the molecule is C=CC(C)(C)n1cc(C2=C(OC)C(=O)C(c3c(CC=C(C)C)[nH]c4ccccc34)=C(O)C2=O)c2ccccc21. The third-order valence-electron chi connectivity index (χ3n) is 7.39. The number of aromatic amines is 1. The van der Waals surface area contributed by atoms with Crippen LogP contribution < -0.4 is 0 Å². The molecule has 6 heteroatoms. The highest BCUT2D eigenvalue weighted by molar-refractivity contribution is 6.48. The molecule has 0 unspecified atom stereocenters. The Kier molecular flexibility index (Phi) is 6.43. The number of fused-ring (bicyclic) bond motifs is 2. The summed E-state index contributed by atoms with van der Waals surface area (Å²) >= 11 is 0. The van der Waals surface area contributed by atoms with Crippen molar-refractivity contribution < 1.29 is 19.4 Å². The van der Waals surface area contributed by atoms with Crippen LogP contribution in [-0.2, 0) is 26.3 Å². The van der Waals surface area contributed by atoms with Crippen LogP contribution in [0, 0.1) is 0 Å². The van der Waals surface area contributed by atoms with E-state index < -0.39 is 22.9 Å². The number of ketones is 2. The lowest BCUT2D eigenvalue weighted by Gasteiger charge is -2.24. The summed E-state index contributed by atoms with van der Waals surface area (Å²) in [6, 6.07) is 15.2. The van der Waals surface area contributed by atoms with Crippen molar-refractivity contribution in [1.29, 1.82) is 0 Å². The fourth-order valence-corrected chi connectivity index (χ4v) is 5.24. The Labute approximate surface area is 227 Å². The number of aliphatic hydroxyl groups excluding tert-OH is 1. The number of nitrogens with zero attached hydrogens (tertiary/aromatic N) is 1. The molecular weight excluding hydrogens is 488 g/mol. The van der Waals surface area contributed by atoms with Gasteiger partial charge < -0.3 is 19.4 Å². The number of aromatic nitrogens is 2. The zero-order valence-corrected chi connectivity index (χ0v) is 22.9. The highest BCUT2D eigenvalue weighted by Crippen LogP contribution is 2.42. The number of allylic oxidation sites excluding steroid dienone is 5. The fourth-order valence-electron chi connectivity index (χ4n) is 5.24. The molecule has 1 aliphatic rings. The topological polar surface area (TPSA) is 84.3 Å². The summed E-state index contributed by atoms with van der Waals surface area (Å²) in [5, 5.41) is 13.0. The Morgan fingerprint density at radius 2 is 1.69 bits per heavy atom. The predicted octanol–water partition coefficient (Wildman–Crippen LogP) is 7.03. The highest BCUT2D eigenvalue weighted by atomic mass is 16.5. The monoisotopic (exact) mass is 520 g/mol. The number of H-pyrrole nitrogens is 1. The van der Waals surface area contributed by atoms with Crippen molar-refractivity contribution in [2.45, 2.75) is 39.7 Å². The second-order valence-electron chi connectivity index (χ2n) is 10.6. The number of nitrogens with one attached hydrogen (secondary N) is 1. The van der Waals surface area contributed by atoms with Crippen LogP contribution in [0.2, 0.25) is 0 Å². The van der Waals surface area contributed by atoms with Gasteiger partial charge in [-0.1, -0.05) is 54.1 Å². The van der Waals surface area contributed by atoms with E-state index in [2.05, 4.69) is 11.6 Å². The van der Waals surface area contributed by atoms with E-state index in [0.717, 1.165) is 33.1 Å². The smallest absolute Gasteiger partial charge is 0.232 e. The van der Waals surface area contributed by atoms with Gasteiger partial charge in [0.25, 0.3) is 0 Å². The Morgan fingerprint density at radius 3 is 2.36 bits per heavy atom. The molecule has 6 nitrogen and oxygen atoms in total. The number of rotatable bonds is 7. The van der Waals surface area contributed by atoms with E-state index in [1.165, 1.54) is 7.11 Å². The van der Waals surface area contributed by atoms with E-state index in [1.807, 2.05) is 99.1 Å². The average Bonchev–Trinajstić information content (AvgIpc) is 3.49. The number of hydrogen-bond donors (Lipinski definition) is 2. The first-order valence-corrected chi connectivity index (χ1v) is 12.9. The molecule has 2 N–H and O–H groups in total. The molecule has 0 amide bonds. The maximum atomic E-state index is 14.1. The van der Waals surface area contributed by atoms with Crippen LogP contribution in [-0.4, -0.2) is 33.3 Å². The molecule has 0 radical (unpaired) electrons. The first-order valence-electron chi connectivity index (χ1n) is 12.9. The van der Waals surface area contributed by atoms with Crippen molar-refractivity contribution in [2.24, 2.45) is 0 Å². The van der Waals surface area contributed by atoms with Crippen LogP contribution in [0.15, 0.2) is 90.6 Å². The second-order valence-corrected chi connectivity index (χ2v) is 10.6. The molecule has 0 saturated carbocycles. The van der Waals surface area contributed by atoms with E-state index in [4.69, 9.17) is 4.74 Å². The number of aliphatic hydroxyl groups is 1. The molecule has 2 aromatic carbocycles. The van der Waals surface area contributed by atoms with Gasteiger partial charge >= 0.3 is 0 Å². The summed E-state index contributed by atoms with van der Waals surface area (Å²) in [5.41, 5.74) is 4.10. The standard InChI is InChI=1S/C33H32N2O4/c1-7-33(4,5)35-18-22(20-12-9-11-15-25(20)35)27-29(36)30(37)28(31(38)32(27)39-6)26-21-13-8-10-14-23(21)34-24(26)17-16-19(2)3/h7-16,18,34,37H,1,17H2,2-6H3. The Hall–Kier alpha value is -4.58. The largest absolute Gasteiger partial charge is 0.504 e. The Morgan fingerprint density at radius 1 is 1.03 bits per heavy atom. The maximum Gasteiger partial charge on any atom is 0.232 e. The van der Waals surface area contributed by atoms with Gasteiger partial charge in [-0.2, -0.15) is 0 Å². The van der Waals surface area contributed by atoms with Gasteiger partial charge in [0.05, 0.1) is 23.8 Å². The first-order chi connectivity index (χ1) is 18.6. The number of ether oxygens (including phenoxy) is 1. The van der Waals surface area contributed by atoms with Gasteiger partial charge in [-0.05, 0) is 39.8 Å². The van der Waals surface area contributed by atoms with Gasteiger partial charge in [0.15, 0.2) is 11.5 Å². The summed E-state index contributed by atoms with van der Waals surface area (Å²) < 4.78 is 7.66. The van der Waals surface area contributed by atoms with Gasteiger partial charge in [-0.3, -0.25) is 9.59 Å². The maximum absolute atomic E-state index is 14.1. The molecular formula is C33H32N2O4. The van der Waals surface area contributed by atoms with Crippen LogP contribution >= 0.6 is 0 Å². The minimum absolute atomic E-state index is 0.0456. The number of carbonyl (C=O) groups excluding carboxylic acids is 2.